The average molecular weight is 148 g/mol. The van der Waals surface area contributed by atoms with Gasteiger partial charge in [-0.1, -0.05) is 38.3 Å². The number of hydrogen-bond donors (Lipinski definition) is 0. The van der Waals surface area contributed by atoms with E-state index in [-0.39, 0.29) is 0 Å². The molecule has 0 unspecified atom stereocenters. The Kier molecular flexibility index (Phi) is 2.33. The fourth-order valence-electron chi connectivity index (χ4n) is 1.23. The van der Waals surface area contributed by atoms with E-state index in [1.807, 2.05) is 12.2 Å². The van der Waals surface area contributed by atoms with Gasteiger partial charge in [-0.15, -0.1) is 0 Å². The van der Waals surface area contributed by atoms with E-state index in [1.54, 1.807) is 0 Å². The Morgan fingerprint density at radius 1 is 1.45 bits per heavy atom. The second-order valence-electron chi connectivity index (χ2n) is 3.67. The van der Waals surface area contributed by atoms with Crippen LogP contribution in [0.2, 0.25) is 0 Å². The lowest BCUT2D eigenvalue weighted by Gasteiger charge is -2.07. The maximum absolute atomic E-state index is 3.78. The van der Waals surface area contributed by atoms with Crippen molar-refractivity contribution in [3.63, 3.8) is 0 Å². The van der Waals surface area contributed by atoms with Gasteiger partial charge in [-0.2, -0.15) is 0 Å². The van der Waals surface area contributed by atoms with Gasteiger partial charge >= 0.3 is 0 Å². The molecule has 0 N–H and O–H groups in total. The minimum Gasteiger partial charge on any atom is -0.0991 e. The molecule has 0 spiro atoms. The van der Waals surface area contributed by atoms with Gasteiger partial charge in [0.15, 0.2) is 0 Å². The van der Waals surface area contributed by atoms with Crippen molar-refractivity contribution in [3.8, 4) is 0 Å². The highest BCUT2D eigenvalue weighted by atomic mass is 14.4. The molecule has 0 aliphatic heterocycles. The van der Waals surface area contributed by atoms with Gasteiger partial charge in [0.05, 0.1) is 0 Å². The molecule has 1 fully saturated rings. The van der Waals surface area contributed by atoms with E-state index < -0.39 is 0 Å². The summed E-state index contributed by atoms with van der Waals surface area (Å²) < 4.78 is 0. The first-order chi connectivity index (χ1) is 5.20. The molecule has 1 aliphatic rings. The maximum Gasteiger partial charge on any atom is -0.0225 e. The van der Waals surface area contributed by atoms with Crippen LogP contribution in [-0.4, -0.2) is 0 Å². The van der Waals surface area contributed by atoms with Crippen molar-refractivity contribution in [3.05, 3.63) is 37.0 Å². The normalized spacial score (nSPS) is 21.0. The largest absolute Gasteiger partial charge is 0.0991 e. The third kappa shape index (κ3) is 2.38. The number of hydrogen-bond acceptors (Lipinski definition) is 0. The fourth-order valence-corrected chi connectivity index (χ4v) is 1.23. The van der Waals surface area contributed by atoms with Crippen molar-refractivity contribution in [2.24, 2.45) is 5.41 Å². The van der Waals surface area contributed by atoms with Crippen LogP contribution in [0, 0.1) is 5.41 Å². The molecular weight excluding hydrogens is 132 g/mol. The fraction of sp³-hybridized carbons (Fsp3) is 0.455. The van der Waals surface area contributed by atoms with E-state index >= 15 is 0 Å². The molecule has 0 radical (unpaired) electrons. The molecule has 0 atom stereocenters. The van der Waals surface area contributed by atoms with Crippen molar-refractivity contribution < 1.29 is 0 Å². The molecule has 0 bridgehead atoms. The lowest BCUT2D eigenvalue weighted by molar-refractivity contribution is 0.573. The Bertz CT molecular complexity index is 192. The molecule has 0 nitrogen and oxygen atoms in total. The van der Waals surface area contributed by atoms with E-state index in [2.05, 4.69) is 26.2 Å². The quantitative estimate of drug-likeness (QED) is 0.535. The third-order valence-electron chi connectivity index (χ3n) is 2.33. The zero-order valence-corrected chi connectivity index (χ0v) is 7.27. The van der Waals surface area contributed by atoms with Crippen molar-refractivity contribution >= 4 is 0 Å². The van der Waals surface area contributed by atoms with Gasteiger partial charge in [0.2, 0.25) is 0 Å². The topological polar surface area (TPSA) is 0 Å². The summed E-state index contributed by atoms with van der Waals surface area (Å²) in [5.74, 6) is 0. The second kappa shape index (κ2) is 3.08. The Labute approximate surface area is 69.3 Å². The molecule has 0 amide bonds. The molecule has 1 aliphatic carbocycles. The van der Waals surface area contributed by atoms with Gasteiger partial charge in [0.1, 0.15) is 0 Å². The first kappa shape index (κ1) is 8.32. The van der Waals surface area contributed by atoms with Crippen LogP contribution in [0.4, 0.5) is 0 Å². The van der Waals surface area contributed by atoms with E-state index in [9.17, 15) is 0 Å². The van der Waals surface area contributed by atoms with E-state index in [1.165, 1.54) is 24.8 Å². The number of rotatable bonds is 4. The first-order valence-electron chi connectivity index (χ1n) is 4.14. The summed E-state index contributed by atoms with van der Waals surface area (Å²) in [7, 11) is 0. The van der Waals surface area contributed by atoms with Gasteiger partial charge < -0.3 is 0 Å². The molecule has 0 aromatic carbocycles. The maximum atomic E-state index is 3.78. The molecule has 1 rings (SSSR count). The van der Waals surface area contributed by atoms with Crippen LogP contribution in [-0.2, 0) is 0 Å². The summed E-state index contributed by atoms with van der Waals surface area (Å²) in [6.45, 7) is 9.78. The lowest BCUT2D eigenvalue weighted by Crippen LogP contribution is -1.93. The van der Waals surface area contributed by atoms with Crippen molar-refractivity contribution in [1.29, 1.82) is 0 Å². The molecule has 0 heterocycles. The minimum absolute atomic E-state index is 0.586. The zero-order chi connectivity index (χ0) is 8.32. The Morgan fingerprint density at radius 3 is 2.45 bits per heavy atom. The molecule has 0 saturated heterocycles. The average Bonchev–Trinajstić information content (AvgIpc) is 2.68. The molecule has 0 aromatic heterocycles. The summed E-state index contributed by atoms with van der Waals surface area (Å²) >= 11 is 0. The summed E-state index contributed by atoms with van der Waals surface area (Å²) in [6, 6.07) is 0. The van der Waals surface area contributed by atoms with E-state index in [0.717, 1.165) is 0 Å². The van der Waals surface area contributed by atoms with Gasteiger partial charge in [0.25, 0.3) is 0 Å². The monoisotopic (exact) mass is 148 g/mol. The van der Waals surface area contributed by atoms with Gasteiger partial charge in [0, 0.05) is 0 Å². The van der Waals surface area contributed by atoms with E-state index in [0.29, 0.717) is 5.41 Å². The van der Waals surface area contributed by atoms with Crippen LogP contribution < -0.4 is 0 Å². The van der Waals surface area contributed by atoms with Crippen LogP contribution in [0.25, 0.3) is 0 Å². The van der Waals surface area contributed by atoms with Gasteiger partial charge in [-0.05, 0) is 30.3 Å². The van der Waals surface area contributed by atoms with Crippen LogP contribution in [0.15, 0.2) is 37.0 Å². The molecule has 11 heavy (non-hydrogen) atoms. The highest BCUT2D eigenvalue weighted by Crippen LogP contribution is 2.49. The summed E-state index contributed by atoms with van der Waals surface area (Å²) in [6.07, 6.45) is 9.73. The Hall–Kier alpha value is -0.780. The van der Waals surface area contributed by atoms with Gasteiger partial charge in [-0.3, -0.25) is 0 Å². The van der Waals surface area contributed by atoms with Crippen LogP contribution in [0.5, 0.6) is 0 Å². The standard InChI is InChI=1S/C11H16/c1-4-6-10(5-2)9-11(3)7-8-11/h4-6H,1-2,7-9H2,3H3/b10-6+. The second-order valence-corrected chi connectivity index (χ2v) is 3.67. The number of allylic oxidation sites excluding steroid dienone is 4. The van der Waals surface area contributed by atoms with Crippen molar-refractivity contribution in [1.82, 2.24) is 0 Å². The predicted octanol–water partition coefficient (Wildman–Crippen LogP) is 3.48. The highest BCUT2D eigenvalue weighted by molar-refractivity contribution is 5.23. The Balaban J connectivity index is 2.50. The highest BCUT2D eigenvalue weighted by Gasteiger charge is 2.36. The summed E-state index contributed by atoms with van der Waals surface area (Å²) in [5, 5.41) is 0. The van der Waals surface area contributed by atoms with Gasteiger partial charge in [-0.25, -0.2) is 0 Å². The van der Waals surface area contributed by atoms with Crippen LogP contribution in [0.3, 0.4) is 0 Å². The minimum atomic E-state index is 0.586. The van der Waals surface area contributed by atoms with Crippen molar-refractivity contribution in [2.45, 2.75) is 26.2 Å². The predicted molar refractivity (Wildman–Crippen MR) is 50.4 cm³/mol. The molecular formula is C11H16. The van der Waals surface area contributed by atoms with Crippen molar-refractivity contribution in [2.75, 3.05) is 0 Å². The SMILES string of the molecule is C=C/C=C(\C=C)CC1(C)CC1. The first-order valence-corrected chi connectivity index (χ1v) is 4.14. The van der Waals surface area contributed by atoms with E-state index in [4.69, 9.17) is 0 Å². The molecule has 60 valence electrons. The van der Waals surface area contributed by atoms with Crippen LogP contribution >= 0.6 is 0 Å². The zero-order valence-electron chi connectivity index (χ0n) is 7.27. The Morgan fingerprint density at radius 2 is 2.09 bits per heavy atom. The smallest absolute Gasteiger partial charge is 0.0225 e. The molecule has 0 aromatic rings. The lowest BCUT2D eigenvalue weighted by atomic mass is 9.98. The summed E-state index contributed by atoms with van der Waals surface area (Å²) in [5.41, 5.74) is 1.91. The molecule has 1 saturated carbocycles. The molecule has 0 heteroatoms. The summed E-state index contributed by atoms with van der Waals surface area (Å²) in [4.78, 5) is 0. The van der Waals surface area contributed by atoms with Crippen LogP contribution in [0.1, 0.15) is 26.2 Å². The third-order valence-corrected chi connectivity index (χ3v) is 2.33.